The van der Waals surface area contributed by atoms with Crippen molar-refractivity contribution >= 4 is 0 Å². The monoisotopic (exact) mass is 560 g/mol. The van der Waals surface area contributed by atoms with E-state index in [2.05, 4.69) is 38.1 Å². The molecule has 0 aliphatic rings. The van der Waals surface area contributed by atoms with Gasteiger partial charge in [0.1, 0.15) is 11.5 Å². The van der Waals surface area contributed by atoms with Gasteiger partial charge in [0.25, 0.3) is 0 Å². The van der Waals surface area contributed by atoms with Crippen LogP contribution in [0, 0.1) is 0 Å². The van der Waals surface area contributed by atoms with Crippen molar-refractivity contribution in [1.29, 1.82) is 0 Å². The van der Waals surface area contributed by atoms with E-state index in [1.54, 1.807) is 0 Å². The highest BCUT2D eigenvalue weighted by atomic mass is 16.3. The average Bonchev–Trinajstić information content (AvgIpc) is 3.06. The summed E-state index contributed by atoms with van der Waals surface area (Å²) in [5, 5.41) is 23.4. The summed E-state index contributed by atoms with van der Waals surface area (Å²) in [4.78, 5) is 0. The van der Waals surface area contributed by atoms with E-state index in [9.17, 15) is 10.2 Å². The fraction of sp³-hybridized carbons (Fsp3) is 0.122. The van der Waals surface area contributed by atoms with Gasteiger partial charge >= 0.3 is 0 Å². The number of aromatic hydroxyl groups is 2. The molecule has 0 saturated heterocycles. The van der Waals surface area contributed by atoms with Gasteiger partial charge in [-0.3, -0.25) is 0 Å². The highest BCUT2D eigenvalue weighted by Crippen LogP contribution is 2.48. The van der Waals surface area contributed by atoms with Gasteiger partial charge in [0.05, 0.1) is 0 Å². The summed E-state index contributed by atoms with van der Waals surface area (Å²) in [6.45, 7) is 4.51. The molecule has 6 rings (SSSR count). The summed E-state index contributed by atoms with van der Waals surface area (Å²) in [5.74, 6) is 0.557. The molecule has 2 heteroatoms. The van der Waals surface area contributed by atoms with E-state index in [0.717, 1.165) is 68.5 Å². The molecule has 2 N–H and O–H groups in total. The molecular formula is C41H36O2. The first-order valence-corrected chi connectivity index (χ1v) is 15.0. The van der Waals surface area contributed by atoms with Crippen LogP contribution in [-0.4, -0.2) is 10.2 Å². The number of hydrogen-bond donors (Lipinski definition) is 2. The molecule has 0 aliphatic heterocycles. The predicted molar refractivity (Wildman–Crippen MR) is 179 cm³/mol. The van der Waals surface area contributed by atoms with Gasteiger partial charge in [-0.05, 0) is 64.1 Å². The molecule has 43 heavy (non-hydrogen) atoms. The van der Waals surface area contributed by atoms with Crippen molar-refractivity contribution in [2.24, 2.45) is 0 Å². The first kappa shape index (κ1) is 28.1. The molecular weight excluding hydrogens is 524 g/mol. The van der Waals surface area contributed by atoms with Gasteiger partial charge < -0.3 is 10.2 Å². The van der Waals surface area contributed by atoms with Crippen molar-refractivity contribution in [3.05, 3.63) is 157 Å². The highest BCUT2D eigenvalue weighted by Gasteiger charge is 2.32. The van der Waals surface area contributed by atoms with Crippen molar-refractivity contribution in [2.45, 2.75) is 32.1 Å². The normalized spacial score (nSPS) is 11.4. The van der Waals surface area contributed by atoms with Gasteiger partial charge in [-0.25, -0.2) is 0 Å². The Morgan fingerprint density at radius 1 is 0.442 bits per heavy atom. The van der Waals surface area contributed by atoms with Gasteiger partial charge in [-0.1, -0.05) is 142 Å². The maximum atomic E-state index is 11.7. The zero-order valence-electron chi connectivity index (χ0n) is 24.7. The van der Waals surface area contributed by atoms with E-state index in [1.807, 2.05) is 121 Å². The largest absolute Gasteiger partial charge is 0.507 e. The molecule has 6 aromatic rings. The van der Waals surface area contributed by atoms with Gasteiger partial charge in [-0.2, -0.15) is 0 Å². The molecule has 0 heterocycles. The minimum absolute atomic E-state index is 0.278. The van der Waals surface area contributed by atoms with Gasteiger partial charge in [0.2, 0.25) is 0 Å². The molecule has 0 aromatic heterocycles. The molecule has 0 spiro atoms. The van der Waals surface area contributed by atoms with Crippen molar-refractivity contribution in [1.82, 2.24) is 0 Å². The molecule has 0 atom stereocenters. The van der Waals surface area contributed by atoms with Crippen LogP contribution in [0.25, 0.3) is 44.5 Å². The SMILES string of the molecule is CCCC(C)(c1cc(-c2ccccc2)c(O)c(-c2ccccc2)c1)c1cc(-c2ccccc2)c(O)c(-c2ccccc2)c1. The maximum absolute atomic E-state index is 11.7. The van der Waals surface area contributed by atoms with Crippen LogP contribution < -0.4 is 0 Å². The Morgan fingerprint density at radius 3 is 0.930 bits per heavy atom. The lowest BCUT2D eigenvalue weighted by Gasteiger charge is -2.33. The van der Waals surface area contributed by atoms with Crippen LogP contribution in [0.1, 0.15) is 37.8 Å². The molecule has 6 aromatic carbocycles. The summed E-state index contributed by atoms with van der Waals surface area (Å²) in [6.07, 6.45) is 1.84. The van der Waals surface area contributed by atoms with Crippen LogP contribution in [0.5, 0.6) is 11.5 Å². The van der Waals surface area contributed by atoms with E-state index in [1.165, 1.54) is 0 Å². The van der Waals surface area contributed by atoms with Crippen molar-refractivity contribution in [3.63, 3.8) is 0 Å². The number of hydrogen-bond acceptors (Lipinski definition) is 2. The first-order chi connectivity index (χ1) is 21.0. The number of phenols is 2. The maximum Gasteiger partial charge on any atom is 0.131 e. The summed E-state index contributed by atoms with van der Waals surface area (Å²) in [5.41, 5.74) is 8.94. The van der Waals surface area contributed by atoms with E-state index in [-0.39, 0.29) is 11.5 Å². The summed E-state index contributed by atoms with van der Waals surface area (Å²) in [7, 11) is 0. The molecule has 212 valence electrons. The van der Waals surface area contributed by atoms with Crippen LogP contribution in [-0.2, 0) is 5.41 Å². The van der Waals surface area contributed by atoms with Crippen molar-refractivity contribution in [2.75, 3.05) is 0 Å². The van der Waals surface area contributed by atoms with Crippen molar-refractivity contribution in [3.8, 4) is 56.0 Å². The fourth-order valence-electron chi connectivity index (χ4n) is 6.21. The van der Waals surface area contributed by atoms with E-state index in [0.29, 0.717) is 0 Å². The second-order valence-electron chi connectivity index (χ2n) is 11.4. The van der Waals surface area contributed by atoms with Crippen LogP contribution in [0.3, 0.4) is 0 Å². The standard InChI is InChI=1S/C41H36O2/c1-3-24-41(2,33-25-35(29-16-8-4-9-17-29)39(42)36(26-33)30-18-10-5-11-19-30)34-27-37(31-20-12-6-13-21-31)40(43)38(28-34)32-22-14-7-15-23-32/h4-23,25-28,42-43H,3,24H2,1-2H3. The van der Waals surface area contributed by atoms with E-state index < -0.39 is 5.41 Å². The lowest BCUT2D eigenvalue weighted by atomic mass is 9.70. The second-order valence-corrected chi connectivity index (χ2v) is 11.4. The summed E-state index contributed by atoms with van der Waals surface area (Å²) in [6, 6.07) is 49.1. The predicted octanol–water partition coefficient (Wildman–Crippen LogP) is 10.9. The molecule has 0 saturated carbocycles. The lowest BCUT2D eigenvalue weighted by Crippen LogP contribution is -2.24. The summed E-state index contributed by atoms with van der Waals surface area (Å²) >= 11 is 0. The third-order valence-electron chi connectivity index (χ3n) is 8.58. The van der Waals surface area contributed by atoms with E-state index in [4.69, 9.17) is 0 Å². The molecule has 0 radical (unpaired) electrons. The smallest absolute Gasteiger partial charge is 0.131 e. The van der Waals surface area contributed by atoms with Crippen molar-refractivity contribution < 1.29 is 10.2 Å². The molecule has 0 amide bonds. The minimum Gasteiger partial charge on any atom is -0.507 e. The first-order valence-electron chi connectivity index (χ1n) is 15.0. The Balaban J connectivity index is 1.65. The van der Waals surface area contributed by atoms with Crippen LogP contribution in [0.15, 0.2) is 146 Å². The summed E-state index contributed by atoms with van der Waals surface area (Å²) < 4.78 is 0. The minimum atomic E-state index is -0.420. The highest BCUT2D eigenvalue weighted by molar-refractivity contribution is 5.85. The van der Waals surface area contributed by atoms with Gasteiger partial charge in [0.15, 0.2) is 0 Å². The zero-order valence-corrected chi connectivity index (χ0v) is 24.7. The number of benzene rings is 6. The third-order valence-corrected chi connectivity index (χ3v) is 8.58. The Kier molecular flexibility index (Phi) is 7.85. The lowest BCUT2D eigenvalue weighted by molar-refractivity contribution is 0.474. The Morgan fingerprint density at radius 2 is 0.698 bits per heavy atom. The number of phenolic OH excluding ortho intramolecular Hbond substituents is 2. The molecule has 0 unspecified atom stereocenters. The second kappa shape index (κ2) is 12.0. The zero-order chi connectivity index (χ0) is 29.8. The van der Waals surface area contributed by atoms with Gasteiger partial charge in [0, 0.05) is 27.7 Å². The molecule has 2 nitrogen and oxygen atoms in total. The Labute approximate surface area is 254 Å². The molecule has 0 bridgehead atoms. The third kappa shape index (κ3) is 5.45. The van der Waals surface area contributed by atoms with Gasteiger partial charge in [-0.15, -0.1) is 0 Å². The Bertz CT molecular complexity index is 1570. The Hall–Kier alpha value is -5.08. The van der Waals surface area contributed by atoms with Crippen LogP contribution in [0.2, 0.25) is 0 Å². The number of rotatable bonds is 8. The average molecular weight is 561 g/mol. The van der Waals surface area contributed by atoms with Crippen LogP contribution in [0.4, 0.5) is 0 Å². The van der Waals surface area contributed by atoms with Crippen LogP contribution >= 0.6 is 0 Å². The molecule has 0 aliphatic carbocycles. The molecule has 0 fully saturated rings. The fourth-order valence-corrected chi connectivity index (χ4v) is 6.21. The quantitative estimate of drug-likeness (QED) is 0.194. The van der Waals surface area contributed by atoms with E-state index >= 15 is 0 Å². The topological polar surface area (TPSA) is 40.5 Å².